The fourth-order valence-corrected chi connectivity index (χ4v) is 3.31. The number of nitrogens with zero attached hydrogens (tertiary/aromatic N) is 1. The first kappa shape index (κ1) is 13.8. The largest absolute Gasteiger partial charge is 0.392 e. The summed E-state index contributed by atoms with van der Waals surface area (Å²) in [6.45, 7) is 6.09. The lowest BCUT2D eigenvalue weighted by atomic mass is 10.3. The number of rotatable bonds is 6. The first-order valence-electron chi connectivity index (χ1n) is 4.63. The minimum absolute atomic E-state index is 0.000602. The van der Waals surface area contributed by atoms with E-state index in [2.05, 4.69) is 12.2 Å². The monoisotopic (exact) mass is 238 g/mol. The van der Waals surface area contributed by atoms with Crippen molar-refractivity contribution in [2.75, 3.05) is 12.3 Å². The van der Waals surface area contributed by atoms with Crippen LogP contribution in [0.5, 0.6) is 0 Å². The average molecular weight is 238 g/mol. The summed E-state index contributed by atoms with van der Waals surface area (Å²) in [6.07, 6.45) is 0.782. The lowest BCUT2D eigenvalue weighted by molar-refractivity contribution is 0.344. The molecule has 0 aromatic carbocycles. The van der Waals surface area contributed by atoms with Crippen LogP contribution in [0.2, 0.25) is 0 Å². The van der Waals surface area contributed by atoms with Crippen LogP contribution < -0.4 is 5.73 Å². The van der Waals surface area contributed by atoms with Crippen molar-refractivity contribution < 1.29 is 8.42 Å². The molecule has 0 aliphatic heterocycles. The molecule has 0 bridgehead atoms. The summed E-state index contributed by atoms with van der Waals surface area (Å²) in [4.78, 5) is 0.0201. The normalized spacial score (nSPS) is 14.3. The Morgan fingerprint density at radius 2 is 2.00 bits per heavy atom. The van der Waals surface area contributed by atoms with E-state index in [1.54, 1.807) is 0 Å². The summed E-state index contributed by atoms with van der Waals surface area (Å²) in [5.74, 6) is -0.236. The third kappa shape index (κ3) is 3.89. The highest BCUT2D eigenvalue weighted by Gasteiger charge is 2.25. The molecule has 0 fully saturated rings. The molecule has 0 saturated carbocycles. The minimum atomic E-state index is -3.32. The fourth-order valence-electron chi connectivity index (χ4n) is 1.25. The summed E-state index contributed by atoms with van der Waals surface area (Å²) in [7, 11) is -3.32. The van der Waals surface area contributed by atoms with Gasteiger partial charge in [-0.15, -0.1) is 0 Å². The molecule has 0 saturated heterocycles. The fraction of sp³-hybridized carbons (Fsp3) is 0.875. The van der Waals surface area contributed by atoms with Crippen LogP contribution in [0.3, 0.4) is 0 Å². The van der Waals surface area contributed by atoms with Crippen molar-refractivity contribution >= 4 is 27.2 Å². The van der Waals surface area contributed by atoms with E-state index in [1.165, 1.54) is 4.31 Å². The van der Waals surface area contributed by atoms with Gasteiger partial charge in [0.2, 0.25) is 10.0 Å². The van der Waals surface area contributed by atoms with Gasteiger partial charge in [-0.25, -0.2) is 8.42 Å². The quantitative estimate of drug-likeness (QED) is 0.693. The Kier molecular flexibility index (Phi) is 5.54. The molecule has 4 nitrogen and oxygen atoms in total. The van der Waals surface area contributed by atoms with Crippen molar-refractivity contribution in [3.05, 3.63) is 0 Å². The van der Waals surface area contributed by atoms with Gasteiger partial charge < -0.3 is 5.73 Å². The van der Waals surface area contributed by atoms with Crippen LogP contribution in [0.4, 0.5) is 0 Å². The maximum Gasteiger partial charge on any atom is 0.220 e. The Morgan fingerprint density at radius 3 is 2.29 bits per heavy atom. The van der Waals surface area contributed by atoms with E-state index in [4.69, 9.17) is 5.73 Å². The van der Waals surface area contributed by atoms with Gasteiger partial charge in [0.1, 0.15) is 5.75 Å². The Labute approximate surface area is 91.5 Å². The number of hydrogen-bond acceptors (Lipinski definition) is 3. The first-order valence-corrected chi connectivity index (χ1v) is 6.64. The summed E-state index contributed by atoms with van der Waals surface area (Å²) in [5, 5.41) is 0. The van der Waals surface area contributed by atoms with Gasteiger partial charge >= 0.3 is 0 Å². The Bertz CT molecular complexity index is 288. The van der Waals surface area contributed by atoms with Gasteiger partial charge in [-0.1, -0.05) is 26.1 Å². The van der Waals surface area contributed by atoms with Gasteiger partial charge in [-0.2, -0.15) is 4.31 Å². The van der Waals surface area contributed by atoms with Crippen LogP contribution in [0, 0.1) is 0 Å². The van der Waals surface area contributed by atoms with Crippen molar-refractivity contribution in [3.63, 3.8) is 0 Å². The SMILES string of the molecule is CCC(C)N(CC)S(=O)(=O)CC(N)=S. The highest BCUT2D eigenvalue weighted by molar-refractivity contribution is 7.92. The van der Waals surface area contributed by atoms with Gasteiger partial charge in [-0.3, -0.25) is 0 Å². The van der Waals surface area contributed by atoms with Crippen LogP contribution >= 0.6 is 12.2 Å². The molecule has 84 valence electrons. The smallest absolute Gasteiger partial charge is 0.220 e. The molecular formula is C8H18N2O2S2. The summed E-state index contributed by atoms with van der Waals surface area (Å²) < 4.78 is 24.9. The maximum absolute atomic E-state index is 11.7. The number of sulfonamides is 1. The molecule has 0 amide bonds. The molecule has 0 heterocycles. The molecule has 0 aliphatic rings. The molecule has 1 unspecified atom stereocenters. The summed E-state index contributed by atoms with van der Waals surface area (Å²) in [5.41, 5.74) is 5.24. The summed E-state index contributed by atoms with van der Waals surface area (Å²) in [6, 6.07) is -0.000602. The minimum Gasteiger partial charge on any atom is -0.392 e. The molecule has 0 aromatic rings. The van der Waals surface area contributed by atoms with E-state index in [-0.39, 0.29) is 16.8 Å². The predicted octanol–water partition coefficient (Wildman–Crippen LogP) is 0.723. The zero-order chi connectivity index (χ0) is 11.4. The molecule has 1 atom stereocenters. The van der Waals surface area contributed by atoms with Crippen LogP contribution in [0.15, 0.2) is 0 Å². The number of hydrogen-bond donors (Lipinski definition) is 1. The molecule has 0 spiro atoms. The molecular weight excluding hydrogens is 220 g/mol. The van der Waals surface area contributed by atoms with E-state index in [1.807, 2.05) is 20.8 Å². The van der Waals surface area contributed by atoms with Gasteiger partial charge in [0.05, 0.1) is 4.99 Å². The molecule has 0 aliphatic carbocycles. The van der Waals surface area contributed by atoms with E-state index < -0.39 is 10.0 Å². The van der Waals surface area contributed by atoms with Crippen LogP contribution in [-0.2, 0) is 10.0 Å². The lowest BCUT2D eigenvalue weighted by Crippen LogP contribution is -2.41. The molecule has 0 rings (SSSR count). The van der Waals surface area contributed by atoms with E-state index in [0.29, 0.717) is 6.54 Å². The molecule has 14 heavy (non-hydrogen) atoms. The molecule has 2 N–H and O–H groups in total. The van der Waals surface area contributed by atoms with E-state index >= 15 is 0 Å². The number of nitrogens with two attached hydrogens (primary N) is 1. The topological polar surface area (TPSA) is 63.4 Å². The van der Waals surface area contributed by atoms with Crippen LogP contribution in [0.1, 0.15) is 27.2 Å². The van der Waals surface area contributed by atoms with Gasteiger partial charge in [-0.05, 0) is 13.3 Å². The first-order chi connectivity index (χ1) is 6.35. The predicted molar refractivity (Wildman–Crippen MR) is 62.7 cm³/mol. The maximum atomic E-state index is 11.7. The Morgan fingerprint density at radius 1 is 1.50 bits per heavy atom. The molecule has 0 aromatic heterocycles. The average Bonchev–Trinajstić information content (AvgIpc) is 2.02. The van der Waals surface area contributed by atoms with Crippen molar-refractivity contribution in [2.24, 2.45) is 5.73 Å². The van der Waals surface area contributed by atoms with E-state index in [0.717, 1.165) is 6.42 Å². The second-order valence-corrected chi connectivity index (χ2v) is 5.63. The molecule has 6 heteroatoms. The standard InChI is InChI=1S/C8H18N2O2S2/c1-4-7(3)10(5-2)14(11,12)6-8(9)13/h7H,4-6H2,1-3H3,(H2,9,13). The van der Waals surface area contributed by atoms with Gasteiger partial charge in [0.25, 0.3) is 0 Å². The molecule has 0 radical (unpaired) electrons. The second-order valence-electron chi connectivity index (χ2n) is 3.18. The lowest BCUT2D eigenvalue weighted by Gasteiger charge is -2.25. The zero-order valence-electron chi connectivity index (χ0n) is 8.86. The third-order valence-electron chi connectivity index (χ3n) is 2.08. The van der Waals surface area contributed by atoms with Crippen molar-refractivity contribution in [2.45, 2.75) is 33.2 Å². The highest BCUT2D eigenvalue weighted by atomic mass is 32.2. The van der Waals surface area contributed by atoms with Crippen LogP contribution in [-0.4, -0.2) is 36.1 Å². The van der Waals surface area contributed by atoms with Crippen molar-refractivity contribution in [1.82, 2.24) is 4.31 Å². The zero-order valence-corrected chi connectivity index (χ0v) is 10.5. The number of thiocarbonyl (C=S) groups is 1. The Hall–Kier alpha value is -0.200. The Balaban J connectivity index is 4.75. The van der Waals surface area contributed by atoms with Gasteiger partial charge in [0.15, 0.2) is 0 Å². The second kappa shape index (κ2) is 5.63. The summed E-state index contributed by atoms with van der Waals surface area (Å²) >= 11 is 4.61. The third-order valence-corrected chi connectivity index (χ3v) is 4.41. The van der Waals surface area contributed by atoms with Crippen molar-refractivity contribution in [3.8, 4) is 0 Å². The van der Waals surface area contributed by atoms with Crippen LogP contribution in [0.25, 0.3) is 0 Å². The van der Waals surface area contributed by atoms with Crippen molar-refractivity contribution in [1.29, 1.82) is 0 Å². The van der Waals surface area contributed by atoms with E-state index in [9.17, 15) is 8.42 Å². The highest BCUT2D eigenvalue weighted by Crippen LogP contribution is 2.10. The van der Waals surface area contributed by atoms with Gasteiger partial charge in [0, 0.05) is 12.6 Å².